The van der Waals surface area contributed by atoms with Crippen LogP contribution in [0.25, 0.3) is 0 Å². The zero-order valence-electron chi connectivity index (χ0n) is 10.7. The van der Waals surface area contributed by atoms with Crippen LogP contribution < -0.4 is 4.90 Å². The lowest BCUT2D eigenvalue weighted by molar-refractivity contribution is 0.101. The number of rotatable bonds is 3. The van der Waals surface area contributed by atoms with Gasteiger partial charge < -0.3 is 9.80 Å². The van der Waals surface area contributed by atoms with Crippen LogP contribution in [0.5, 0.6) is 0 Å². The maximum absolute atomic E-state index is 11.1. The van der Waals surface area contributed by atoms with Gasteiger partial charge in [-0.3, -0.25) is 9.78 Å². The van der Waals surface area contributed by atoms with Crippen molar-refractivity contribution < 1.29 is 4.79 Å². The molecule has 0 aromatic carbocycles. The summed E-state index contributed by atoms with van der Waals surface area (Å²) < 4.78 is 0. The Morgan fingerprint density at radius 2 is 2.24 bits per heavy atom. The highest BCUT2D eigenvalue weighted by Gasteiger charge is 2.24. The van der Waals surface area contributed by atoms with Gasteiger partial charge in [0.1, 0.15) is 5.69 Å². The molecule has 1 aliphatic heterocycles. The molecular formula is C13H19N3O. The molecule has 1 unspecified atom stereocenters. The number of carbonyl (C=O) groups excluding carboxylic acids is 1. The first-order valence-corrected chi connectivity index (χ1v) is 5.96. The molecule has 1 fully saturated rings. The minimum absolute atomic E-state index is 0.0177. The number of Topliss-reactive ketones (excluding diaryl/α,β-unsaturated/α-hetero) is 1. The van der Waals surface area contributed by atoms with Gasteiger partial charge in [-0.25, -0.2) is 0 Å². The molecule has 4 nitrogen and oxygen atoms in total. The molecule has 0 saturated carbocycles. The smallest absolute Gasteiger partial charge is 0.178 e. The van der Waals surface area contributed by atoms with Crippen molar-refractivity contribution in [1.82, 2.24) is 9.88 Å². The van der Waals surface area contributed by atoms with E-state index in [2.05, 4.69) is 28.9 Å². The van der Waals surface area contributed by atoms with Gasteiger partial charge in [-0.1, -0.05) is 0 Å². The first-order valence-electron chi connectivity index (χ1n) is 5.96. The minimum atomic E-state index is 0.0177. The summed E-state index contributed by atoms with van der Waals surface area (Å²) in [4.78, 5) is 19.9. The molecule has 1 aromatic heterocycles. The van der Waals surface area contributed by atoms with Crippen LogP contribution in [-0.2, 0) is 0 Å². The predicted octanol–water partition coefficient (Wildman–Crippen LogP) is 1.42. The summed E-state index contributed by atoms with van der Waals surface area (Å²) in [5.74, 6) is 0.0177. The minimum Gasteiger partial charge on any atom is -0.369 e. The highest BCUT2D eigenvalue weighted by atomic mass is 16.1. The van der Waals surface area contributed by atoms with Crippen LogP contribution in [0, 0.1) is 0 Å². The molecule has 2 rings (SSSR count). The molecule has 4 heteroatoms. The molecular weight excluding hydrogens is 214 g/mol. The van der Waals surface area contributed by atoms with Crippen molar-refractivity contribution in [1.29, 1.82) is 0 Å². The first kappa shape index (κ1) is 12.0. The molecule has 1 atom stereocenters. The normalized spacial score (nSPS) is 20.0. The molecule has 2 heterocycles. The van der Waals surface area contributed by atoms with E-state index in [0.717, 1.165) is 18.8 Å². The molecule has 0 bridgehead atoms. The Hall–Kier alpha value is -1.42. The first-order chi connectivity index (χ1) is 8.08. The van der Waals surface area contributed by atoms with E-state index in [1.54, 1.807) is 19.2 Å². The second-order valence-corrected chi connectivity index (χ2v) is 4.81. The van der Waals surface area contributed by atoms with Crippen LogP contribution in [0.3, 0.4) is 0 Å². The number of likely N-dealkylation sites (N-methyl/N-ethyl adjacent to an activating group) is 1. The second-order valence-electron chi connectivity index (χ2n) is 4.81. The Kier molecular flexibility index (Phi) is 3.43. The summed E-state index contributed by atoms with van der Waals surface area (Å²) in [6, 6.07) is 4.41. The molecule has 0 radical (unpaired) electrons. The number of hydrogen-bond acceptors (Lipinski definition) is 4. The third-order valence-corrected chi connectivity index (χ3v) is 3.37. The van der Waals surface area contributed by atoms with E-state index in [4.69, 9.17) is 0 Å². The Balaban J connectivity index is 2.06. The molecule has 0 spiro atoms. The van der Waals surface area contributed by atoms with Crippen molar-refractivity contribution >= 4 is 11.5 Å². The van der Waals surface area contributed by atoms with Crippen molar-refractivity contribution in [3.63, 3.8) is 0 Å². The molecule has 0 amide bonds. The van der Waals surface area contributed by atoms with Crippen molar-refractivity contribution in [2.45, 2.75) is 19.4 Å². The Labute approximate surface area is 102 Å². The average Bonchev–Trinajstić information content (AvgIpc) is 2.78. The van der Waals surface area contributed by atoms with Gasteiger partial charge in [0.25, 0.3) is 0 Å². The molecule has 0 aliphatic carbocycles. The standard InChI is InChI=1S/C13H19N3O/c1-10(17)13-5-4-11(8-14-13)16-7-6-12(9-16)15(2)3/h4-5,8,12H,6-7,9H2,1-3H3. The van der Waals surface area contributed by atoms with E-state index in [1.807, 2.05) is 6.07 Å². The van der Waals surface area contributed by atoms with E-state index >= 15 is 0 Å². The molecule has 1 aliphatic rings. The van der Waals surface area contributed by atoms with Crippen LogP contribution in [0.4, 0.5) is 5.69 Å². The third-order valence-electron chi connectivity index (χ3n) is 3.37. The number of carbonyl (C=O) groups is 1. The summed E-state index contributed by atoms with van der Waals surface area (Å²) in [7, 11) is 4.23. The summed E-state index contributed by atoms with van der Waals surface area (Å²) in [5, 5.41) is 0. The Morgan fingerprint density at radius 1 is 1.47 bits per heavy atom. The fraction of sp³-hybridized carbons (Fsp3) is 0.538. The number of aromatic nitrogens is 1. The van der Waals surface area contributed by atoms with E-state index in [9.17, 15) is 4.79 Å². The highest BCUT2D eigenvalue weighted by Crippen LogP contribution is 2.21. The fourth-order valence-electron chi connectivity index (χ4n) is 2.18. The summed E-state index contributed by atoms with van der Waals surface area (Å²) in [6.45, 7) is 3.64. The van der Waals surface area contributed by atoms with Gasteiger partial charge in [0.15, 0.2) is 5.78 Å². The van der Waals surface area contributed by atoms with Crippen LogP contribution in [0.2, 0.25) is 0 Å². The topological polar surface area (TPSA) is 36.4 Å². The second kappa shape index (κ2) is 4.84. The summed E-state index contributed by atoms with van der Waals surface area (Å²) in [5.41, 5.74) is 1.65. The lowest BCUT2D eigenvalue weighted by atomic mass is 10.2. The predicted molar refractivity (Wildman–Crippen MR) is 68.5 cm³/mol. The number of anilines is 1. The lowest BCUT2D eigenvalue weighted by Crippen LogP contribution is -2.31. The van der Waals surface area contributed by atoms with Gasteiger partial charge >= 0.3 is 0 Å². The molecule has 1 aromatic rings. The van der Waals surface area contributed by atoms with Crippen molar-refractivity contribution in [3.8, 4) is 0 Å². The maximum Gasteiger partial charge on any atom is 0.178 e. The summed E-state index contributed by atoms with van der Waals surface area (Å²) >= 11 is 0. The number of ketones is 1. The van der Waals surface area contributed by atoms with E-state index in [1.165, 1.54) is 6.42 Å². The molecule has 92 valence electrons. The highest BCUT2D eigenvalue weighted by molar-refractivity contribution is 5.92. The van der Waals surface area contributed by atoms with Gasteiger partial charge in [0.2, 0.25) is 0 Å². The zero-order valence-corrected chi connectivity index (χ0v) is 10.7. The number of hydrogen-bond donors (Lipinski definition) is 0. The van der Waals surface area contributed by atoms with Crippen LogP contribution in [-0.4, -0.2) is 48.9 Å². The van der Waals surface area contributed by atoms with Crippen molar-refractivity contribution in [2.24, 2.45) is 0 Å². The molecule has 1 saturated heterocycles. The largest absolute Gasteiger partial charge is 0.369 e. The van der Waals surface area contributed by atoms with Gasteiger partial charge in [0.05, 0.1) is 11.9 Å². The van der Waals surface area contributed by atoms with Crippen LogP contribution in [0.15, 0.2) is 18.3 Å². The Bertz CT molecular complexity index is 400. The van der Waals surface area contributed by atoms with Gasteiger partial charge in [0, 0.05) is 26.1 Å². The third kappa shape index (κ3) is 2.64. The quantitative estimate of drug-likeness (QED) is 0.740. The van der Waals surface area contributed by atoms with Crippen molar-refractivity contribution in [3.05, 3.63) is 24.0 Å². The van der Waals surface area contributed by atoms with Crippen molar-refractivity contribution in [2.75, 3.05) is 32.1 Å². The maximum atomic E-state index is 11.1. The zero-order chi connectivity index (χ0) is 12.4. The molecule has 17 heavy (non-hydrogen) atoms. The van der Waals surface area contributed by atoms with Gasteiger partial charge in [-0.05, 0) is 32.6 Å². The Morgan fingerprint density at radius 3 is 2.71 bits per heavy atom. The number of pyridine rings is 1. The SMILES string of the molecule is CC(=O)c1ccc(N2CCC(N(C)C)C2)cn1. The lowest BCUT2D eigenvalue weighted by Gasteiger charge is -2.21. The average molecular weight is 233 g/mol. The van der Waals surface area contributed by atoms with Gasteiger partial charge in [-0.2, -0.15) is 0 Å². The molecule has 0 N–H and O–H groups in total. The monoisotopic (exact) mass is 233 g/mol. The van der Waals surface area contributed by atoms with E-state index < -0.39 is 0 Å². The van der Waals surface area contributed by atoms with E-state index in [0.29, 0.717) is 11.7 Å². The van der Waals surface area contributed by atoms with Gasteiger partial charge in [-0.15, -0.1) is 0 Å². The fourth-order valence-corrected chi connectivity index (χ4v) is 2.18. The number of nitrogens with zero attached hydrogens (tertiary/aromatic N) is 3. The van der Waals surface area contributed by atoms with Crippen LogP contribution in [0.1, 0.15) is 23.8 Å². The van der Waals surface area contributed by atoms with Crippen LogP contribution >= 0.6 is 0 Å². The van der Waals surface area contributed by atoms with E-state index in [-0.39, 0.29) is 5.78 Å². The summed E-state index contributed by atoms with van der Waals surface area (Å²) in [6.07, 6.45) is 2.98.